The van der Waals surface area contributed by atoms with Gasteiger partial charge in [-0.05, 0) is 18.3 Å². The van der Waals surface area contributed by atoms with Gasteiger partial charge in [-0.2, -0.15) is 13.2 Å². The van der Waals surface area contributed by atoms with E-state index in [4.69, 9.17) is 5.11 Å². The molecule has 0 aliphatic rings. The van der Waals surface area contributed by atoms with Gasteiger partial charge >= 0.3 is 6.18 Å². The number of aliphatic hydroxyl groups excluding tert-OH is 1. The van der Waals surface area contributed by atoms with Gasteiger partial charge in [-0.3, -0.25) is 0 Å². The van der Waals surface area contributed by atoms with Crippen molar-refractivity contribution in [2.75, 3.05) is 0 Å². The van der Waals surface area contributed by atoms with E-state index in [2.05, 4.69) is 0 Å². The topological polar surface area (TPSA) is 20.2 Å². The van der Waals surface area contributed by atoms with Gasteiger partial charge < -0.3 is 5.11 Å². The summed E-state index contributed by atoms with van der Waals surface area (Å²) in [5.74, 6) is -0.812. The van der Waals surface area contributed by atoms with Gasteiger partial charge in [-0.15, -0.1) is 0 Å². The first-order valence-corrected chi connectivity index (χ1v) is 5.05. The van der Waals surface area contributed by atoms with E-state index < -0.39 is 18.2 Å². The highest BCUT2D eigenvalue weighted by molar-refractivity contribution is 4.77. The molecular formula is C10H19F3O. The first-order valence-electron chi connectivity index (χ1n) is 5.05. The van der Waals surface area contributed by atoms with Crippen molar-refractivity contribution in [1.82, 2.24) is 0 Å². The lowest BCUT2D eigenvalue weighted by molar-refractivity contribution is -0.224. The highest BCUT2D eigenvalue weighted by Gasteiger charge is 2.43. The van der Waals surface area contributed by atoms with E-state index in [1.165, 1.54) is 0 Å². The fourth-order valence-corrected chi connectivity index (χ4v) is 1.54. The Bertz CT molecular complexity index is 154. The minimum absolute atomic E-state index is 0.141. The van der Waals surface area contributed by atoms with Gasteiger partial charge in [0, 0.05) is 0 Å². The summed E-state index contributed by atoms with van der Waals surface area (Å²) in [6.07, 6.45) is -4.63. The van der Waals surface area contributed by atoms with E-state index in [0.717, 1.165) is 12.8 Å². The summed E-state index contributed by atoms with van der Waals surface area (Å²) in [6, 6.07) is 0. The third-order valence-electron chi connectivity index (χ3n) is 2.49. The molecule has 0 unspecified atom stereocenters. The molecule has 86 valence electrons. The molecule has 0 aliphatic heterocycles. The average Bonchev–Trinajstić information content (AvgIpc) is 2.02. The highest BCUT2D eigenvalue weighted by atomic mass is 19.4. The number of unbranched alkanes of at least 4 members (excludes halogenated alkanes) is 1. The molecule has 4 heteroatoms. The Morgan fingerprint density at radius 3 is 2.00 bits per heavy atom. The summed E-state index contributed by atoms with van der Waals surface area (Å²) in [6.45, 7) is 5.36. The van der Waals surface area contributed by atoms with Crippen LogP contribution in [0, 0.1) is 11.8 Å². The molecule has 0 aliphatic carbocycles. The van der Waals surface area contributed by atoms with E-state index in [1.54, 1.807) is 13.8 Å². The van der Waals surface area contributed by atoms with Crippen LogP contribution in [0.1, 0.15) is 40.0 Å². The quantitative estimate of drug-likeness (QED) is 0.740. The molecule has 14 heavy (non-hydrogen) atoms. The molecule has 0 saturated carbocycles. The van der Waals surface area contributed by atoms with E-state index in [1.807, 2.05) is 6.92 Å². The van der Waals surface area contributed by atoms with Crippen molar-refractivity contribution in [3.63, 3.8) is 0 Å². The zero-order valence-corrected chi connectivity index (χ0v) is 8.93. The number of aliphatic hydroxyl groups is 1. The second-order valence-electron chi connectivity index (χ2n) is 4.04. The van der Waals surface area contributed by atoms with Gasteiger partial charge in [0.25, 0.3) is 0 Å². The molecule has 0 spiro atoms. The van der Waals surface area contributed by atoms with Crippen LogP contribution in [0.2, 0.25) is 0 Å². The van der Waals surface area contributed by atoms with Crippen LogP contribution in [-0.2, 0) is 0 Å². The molecule has 0 aromatic carbocycles. The highest BCUT2D eigenvalue weighted by Crippen LogP contribution is 2.32. The summed E-state index contributed by atoms with van der Waals surface area (Å²) in [5, 5.41) is 9.12. The van der Waals surface area contributed by atoms with Gasteiger partial charge in [-0.25, -0.2) is 0 Å². The Hall–Kier alpha value is -0.250. The van der Waals surface area contributed by atoms with Crippen molar-refractivity contribution in [2.45, 2.75) is 52.3 Å². The maximum Gasteiger partial charge on any atom is 0.414 e. The smallest absolute Gasteiger partial charge is 0.383 e. The third-order valence-corrected chi connectivity index (χ3v) is 2.49. The second kappa shape index (κ2) is 5.59. The zero-order chi connectivity index (χ0) is 11.4. The van der Waals surface area contributed by atoms with Gasteiger partial charge in [0.2, 0.25) is 0 Å². The third kappa shape index (κ3) is 4.31. The minimum Gasteiger partial charge on any atom is -0.383 e. The van der Waals surface area contributed by atoms with Crippen LogP contribution in [0.4, 0.5) is 13.2 Å². The molecule has 0 bridgehead atoms. The summed E-state index contributed by atoms with van der Waals surface area (Å²) < 4.78 is 36.7. The van der Waals surface area contributed by atoms with E-state index in [-0.39, 0.29) is 5.92 Å². The van der Waals surface area contributed by atoms with Crippen molar-refractivity contribution in [3.05, 3.63) is 0 Å². The van der Waals surface area contributed by atoms with Crippen LogP contribution in [-0.4, -0.2) is 17.4 Å². The standard InChI is InChI=1S/C10H19F3O/c1-4-5-6-8(7(2)3)9(14)10(11,12)13/h7-9,14H,4-6H2,1-3H3/t8-,9+/m0/s1. The Kier molecular flexibility index (Phi) is 5.49. The summed E-state index contributed by atoms with van der Waals surface area (Å²) >= 11 is 0. The number of hydrogen-bond acceptors (Lipinski definition) is 1. The summed E-state index contributed by atoms with van der Waals surface area (Å²) in [5.41, 5.74) is 0. The van der Waals surface area contributed by atoms with Gasteiger partial charge in [0.15, 0.2) is 6.10 Å². The molecule has 0 heterocycles. The van der Waals surface area contributed by atoms with Crippen molar-refractivity contribution in [1.29, 1.82) is 0 Å². The van der Waals surface area contributed by atoms with E-state index in [0.29, 0.717) is 6.42 Å². The minimum atomic E-state index is -4.48. The van der Waals surface area contributed by atoms with Crippen molar-refractivity contribution in [2.24, 2.45) is 11.8 Å². The predicted molar refractivity (Wildman–Crippen MR) is 49.9 cm³/mol. The van der Waals surface area contributed by atoms with Crippen LogP contribution < -0.4 is 0 Å². The number of hydrogen-bond donors (Lipinski definition) is 1. The maximum atomic E-state index is 12.2. The average molecular weight is 212 g/mol. The van der Waals surface area contributed by atoms with Gasteiger partial charge in [0.05, 0.1) is 0 Å². The Morgan fingerprint density at radius 2 is 1.71 bits per heavy atom. The van der Waals surface area contributed by atoms with Gasteiger partial charge in [0.1, 0.15) is 0 Å². The van der Waals surface area contributed by atoms with Crippen LogP contribution in [0.25, 0.3) is 0 Å². The Labute approximate surface area is 83.3 Å². The second-order valence-corrected chi connectivity index (χ2v) is 4.04. The lowest BCUT2D eigenvalue weighted by Gasteiger charge is -2.27. The first kappa shape index (κ1) is 13.8. The molecule has 1 nitrogen and oxygen atoms in total. The lowest BCUT2D eigenvalue weighted by Crippen LogP contribution is -2.38. The van der Waals surface area contributed by atoms with E-state index >= 15 is 0 Å². The summed E-state index contributed by atoms with van der Waals surface area (Å²) in [7, 11) is 0. The number of alkyl halides is 3. The monoisotopic (exact) mass is 212 g/mol. The van der Waals surface area contributed by atoms with E-state index in [9.17, 15) is 13.2 Å². The molecule has 0 radical (unpaired) electrons. The predicted octanol–water partition coefficient (Wildman–Crippen LogP) is 3.37. The summed E-state index contributed by atoms with van der Waals surface area (Å²) in [4.78, 5) is 0. The molecule has 1 N–H and O–H groups in total. The normalized spacial score (nSPS) is 17.1. The van der Waals surface area contributed by atoms with Crippen molar-refractivity contribution in [3.8, 4) is 0 Å². The Balaban J connectivity index is 4.33. The number of halogens is 3. The fourth-order valence-electron chi connectivity index (χ4n) is 1.54. The molecule has 0 aromatic heterocycles. The fraction of sp³-hybridized carbons (Fsp3) is 1.00. The van der Waals surface area contributed by atoms with Crippen LogP contribution in [0.5, 0.6) is 0 Å². The number of rotatable bonds is 5. The molecule has 0 saturated heterocycles. The first-order chi connectivity index (χ1) is 6.30. The SMILES string of the molecule is CCCC[C@@H](C(C)C)[C@@H](O)C(F)(F)F. The molecule has 0 aromatic rings. The largest absolute Gasteiger partial charge is 0.414 e. The van der Waals surface area contributed by atoms with Crippen LogP contribution in [0.3, 0.4) is 0 Å². The molecule has 2 atom stereocenters. The van der Waals surface area contributed by atoms with Crippen molar-refractivity contribution < 1.29 is 18.3 Å². The molecule has 0 amide bonds. The zero-order valence-electron chi connectivity index (χ0n) is 8.93. The van der Waals surface area contributed by atoms with Gasteiger partial charge in [-0.1, -0.05) is 33.6 Å². The molecule has 0 rings (SSSR count). The lowest BCUT2D eigenvalue weighted by atomic mass is 9.85. The maximum absolute atomic E-state index is 12.2. The molecule has 0 fully saturated rings. The van der Waals surface area contributed by atoms with Crippen LogP contribution >= 0.6 is 0 Å². The van der Waals surface area contributed by atoms with Crippen molar-refractivity contribution >= 4 is 0 Å². The Morgan fingerprint density at radius 1 is 1.21 bits per heavy atom. The van der Waals surface area contributed by atoms with Crippen LogP contribution in [0.15, 0.2) is 0 Å². The molecular weight excluding hydrogens is 193 g/mol.